The van der Waals surface area contributed by atoms with Crippen molar-refractivity contribution in [2.45, 2.75) is 110 Å². The third-order valence-corrected chi connectivity index (χ3v) is 6.90. The Hall–Kier alpha value is -1.80. The van der Waals surface area contributed by atoms with Crippen molar-refractivity contribution in [2.75, 3.05) is 0 Å². The molecule has 192 valence electrons. The Kier molecular flexibility index (Phi) is 9.83. The molecule has 0 spiro atoms. The monoisotopic (exact) mass is 478 g/mol. The predicted molar refractivity (Wildman–Crippen MR) is 130 cm³/mol. The van der Waals surface area contributed by atoms with Gasteiger partial charge in [0, 0.05) is 25.2 Å². The van der Waals surface area contributed by atoms with Crippen LogP contribution in [0.1, 0.15) is 80.1 Å². The quantitative estimate of drug-likeness (QED) is 0.418. The molecule has 2 aliphatic rings. The van der Waals surface area contributed by atoms with Gasteiger partial charge in [0.15, 0.2) is 5.79 Å². The van der Waals surface area contributed by atoms with Crippen LogP contribution < -0.4 is 0 Å². The van der Waals surface area contributed by atoms with Crippen LogP contribution in [-0.2, 0) is 19.1 Å². The average molecular weight is 479 g/mol. The van der Waals surface area contributed by atoms with E-state index in [4.69, 9.17) is 9.47 Å². The standard InChI is InChI=1S/C27H42O7/c1-7-8-9-10-21-12-11-17(2)24(30)26(5,6)25(31)19(4)13-18(3)22-14-20(28)15-27(32,34-22)16-23(29)33-21/h7-8,11,13,19-22,24,28,30,32H,9-10,12,14-16H2,1-6H3/b8-7+,17-11+,18-13+/t19-,20-,21?,22-,24+,27+/m0/s1. The number of aliphatic hydroxyl groups is 3. The molecule has 1 unspecified atom stereocenters. The molecule has 6 atom stereocenters. The summed E-state index contributed by atoms with van der Waals surface area (Å²) in [5, 5.41) is 32.4. The summed E-state index contributed by atoms with van der Waals surface area (Å²) in [5.41, 5.74) is 0.284. The number of ether oxygens (including phenoxy) is 2. The molecule has 1 fully saturated rings. The minimum atomic E-state index is -1.85. The molecule has 34 heavy (non-hydrogen) atoms. The van der Waals surface area contributed by atoms with E-state index in [-0.39, 0.29) is 18.6 Å². The van der Waals surface area contributed by atoms with E-state index in [0.29, 0.717) is 30.4 Å². The van der Waals surface area contributed by atoms with Crippen molar-refractivity contribution in [3.8, 4) is 0 Å². The summed E-state index contributed by atoms with van der Waals surface area (Å²) in [6, 6.07) is 0. The van der Waals surface area contributed by atoms with Crippen LogP contribution in [-0.4, -0.2) is 57.3 Å². The topological polar surface area (TPSA) is 113 Å². The summed E-state index contributed by atoms with van der Waals surface area (Å²) in [4.78, 5) is 26.1. The van der Waals surface area contributed by atoms with Gasteiger partial charge >= 0.3 is 5.97 Å². The molecule has 0 amide bonds. The SMILES string of the molecule is C/C=C/CCC1C/C=C(\C)[C@@H](O)C(C)(C)C(=O)[C@@H](C)/C=C(\C)[C@@H]2C[C@H](O)C[C@](O)(CC(=O)O1)O2. The molecule has 2 bridgehead atoms. The molecule has 2 aliphatic heterocycles. The van der Waals surface area contributed by atoms with Crippen LogP contribution in [0.2, 0.25) is 0 Å². The molecule has 3 N–H and O–H groups in total. The van der Waals surface area contributed by atoms with Gasteiger partial charge in [0.1, 0.15) is 11.9 Å². The Balaban J connectivity index is 2.44. The highest BCUT2D eigenvalue weighted by Gasteiger charge is 2.43. The average Bonchev–Trinajstić information content (AvgIpc) is 2.74. The van der Waals surface area contributed by atoms with Crippen LogP contribution in [0, 0.1) is 11.3 Å². The van der Waals surface area contributed by atoms with E-state index in [1.165, 1.54) is 0 Å². The largest absolute Gasteiger partial charge is 0.462 e. The normalized spacial score (nSPS) is 39.1. The van der Waals surface area contributed by atoms with Crippen LogP contribution in [0.25, 0.3) is 0 Å². The summed E-state index contributed by atoms with van der Waals surface area (Å²) in [6.45, 7) is 10.7. The first-order valence-corrected chi connectivity index (χ1v) is 12.2. The van der Waals surface area contributed by atoms with Gasteiger partial charge < -0.3 is 24.8 Å². The Morgan fingerprint density at radius 1 is 1.18 bits per heavy atom. The lowest BCUT2D eigenvalue weighted by atomic mass is 9.74. The van der Waals surface area contributed by atoms with Crippen molar-refractivity contribution >= 4 is 11.8 Å². The lowest BCUT2D eigenvalue weighted by molar-refractivity contribution is -0.267. The van der Waals surface area contributed by atoms with Crippen LogP contribution >= 0.6 is 0 Å². The number of carbonyl (C=O) groups is 2. The number of rotatable bonds is 3. The first kappa shape index (κ1) is 28.4. The second-order valence-electron chi connectivity index (χ2n) is 10.5. The Morgan fingerprint density at radius 3 is 2.50 bits per heavy atom. The maximum absolute atomic E-state index is 13.3. The van der Waals surface area contributed by atoms with E-state index in [9.17, 15) is 24.9 Å². The second kappa shape index (κ2) is 11.8. The number of aliphatic hydroxyl groups excluding tert-OH is 2. The highest BCUT2D eigenvalue weighted by molar-refractivity contribution is 5.88. The van der Waals surface area contributed by atoms with Gasteiger partial charge in [-0.2, -0.15) is 0 Å². The fraction of sp³-hybridized carbons (Fsp3) is 0.704. The number of ketones is 1. The molecule has 0 aromatic rings. The second-order valence-corrected chi connectivity index (χ2v) is 10.5. The molecule has 0 aromatic heterocycles. The lowest BCUT2D eigenvalue weighted by Crippen LogP contribution is -2.48. The summed E-state index contributed by atoms with van der Waals surface area (Å²) in [5.74, 6) is -3.10. The van der Waals surface area contributed by atoms with Crippen LogP contribution in [0.5, 0.6) is 0 Å². The molecule has 7 heteroatoms. The molecule has 0 saturated carbocycles. The number of cyclic esters (lactones) is 1. The number of fused-ring (bicyclic) bond motifs is 2. The molecular formula is C27H42O7. The van der Waals surface area contributed by atoms with Crippen molar-refractivity contribution in [3.05, 3.63) is 35.5 Å². The number of hydrogen-bond donors (Lipinski definition) is 3. The van der Waals surface area contributed by atoms with E-state index in [1.54, 1.807) is 40.7 Å². The van der Waals surface area contributed by atoms with Gasteiger partial charge in [0.2, 0.25) is 0 Å². The number of hydrogen-bond acceptors (Lipinski definition) is 7. The summed E-state index contributed by atoms with van der Waals surface area (Å²) in [7, 11) is 0. The molecular weight excluding hydrogens is 436 g/mol. The summed E-state index contributed by atoms with van der Waals surface area (Å²) < 4.78 is 11.6. The molecule has 0 aliphatic carbocycles. The van der Waals surface area contributed by atoms with Crippen molar-refractivity contribution < 1.29 is 34.4 Å². The van der Waals surface area contributed by atoms with Crippen molar-refractivity contribution in [3.63, 3.8) is 0 Å². The maximum Gasteiger partial charge on any atom is 0.311 e. The molecule has 0 radical (unpaired) electrons. The first-order chi connectivity index (χ1) is 15.8. The van der Waals surface area contributed by atoms with Gasteiger partial charge in [-0.15, -0.1) is 0 Å². The minimum Gasteiger partial charge on any atom is -0.462 e. The van der Waals surface area contributed by atoms with Crippen LogP contribution in [0.4, 0.5) is 0 Å². The third kappa shape index (κ3) is 7.35. The fourth-order valence-corrected chi connectivity index (χ4v) is 4.88. The Labute approximate surface area is 203 Å². The maximum atomic E-state index is 13.3. The van der Waals surface area contributed by atoms with E-state index in [1.807, 2.05) is 25.2 Å². The number of Topliss-reactive ketones (excluding diaryl/α,β-unsaturated/α-hetero) is 1. The number of allylic oxidation sites excluding steroid dienone is 3. The molecule has 2 heterocycles. The Morgan fingerprint density at radius 2 is 1.85 bits per heavy atom. The highest BCUT2D eigenvalue weighted by atomic mass is 16.6. The van der Waals surface area contributed by atoms with E-state index < -0.39 is 53.9 Å². The lowest BCUT2D eigenvalue weighted by Gasteiger charge is -2.40. The van der Waals surface area contributed by atoms with Crippen LogP contribution in [0.3, 0.4) is 0 Å². The van der Waals surface area contributed by atoms with Gasteiger partial charge in [-0.3, -0.25) is 9.59 Å². The molecule has 1 saturated heterocycles. The molecule has 0 aromatic carbocycles. The predicted octanol–water partition coefficient (Wildman–Crippen LogP) is 3.76. The van der Waals surface area contributed by atoms with Crippen molar-refractivity contribution in [1.82, 2.24) is 0 Å². The fourth-order valence-electron chi connectivity index (χ4n) is 4.88. The van der Waals surface area contributed by atoms with Gasteiger partial charge in [-0.25, -0.2) is 0 Å². The van der Waals surface area contributed by atoms with Crippen molar-refractivity contribution in [2.24, 2.45) is 11.3 Å². The van der Waals surface area contributed by atoms with Crippen LogP contribution in [0.15, 0.2) is 35.5 Å². The first-order valence-electron chi connectivity index (χ1n) is 12.2. The minimum absolute atomic E-state index is 0.0954. The van der Waals surface area contributed by atoms with Gasteiger partial charge in [-0.1, -0.05) is 45.1 Å². The number of esters is 1. The van der Waals surface area contributed by atoms with E-state index in [0.717, 1.165) is 0 Å². The molecule has 7 nitrogen and oxygen atoms in total. The Bertz CT molecular complexity index is 825. The smallest absolute Gasteiger partial charge is 0.311 e. The summed E-state index contributed by atoms with van der Waals surface area (Å²) in [6.07, 6.45) is 5.90. The molecule has 2 rings (SSSR count). The zero-order chi connectivity index (χ0) is 25.7. The summed E-state index contributed by atoms with van der Waals surface area (Å²) >= 11 is 0. The third-order valence-electron chi connectivity index (χ3n) is 6.90. The van der Waals surface area contributed by atoms with E-state index >= 15 is 0 Å². The van der Waals surface area contributed by atoms with Gasteiger partial charge in [0.25, 0.3) is 0 Å². The van der Waals surface area contributed by atoms with E-state index in [2.05, 4.69) is 0 Å². The van der Waals surface area contributed by atoms with Gasteiger partial charge in [0.05, 0.1) is 30.1 Å². The zero-order valence-corrected chi connectivity index (χ0v) is 21.4. The van der Waals surface area contributed by atoms with Crippen molar-refractivity contribution in [1.29, 1.82) is 0 Å². The zero-order valence-electron chi connectivity index (χ0n) is 21.4. The highest BCUT2D eigenvalue weighted by Crippen LogP contribution is 2.36. The number of carbonyl (C=O) groups excluding carboxylic acids is 2. The van der Waals surface area contributed by atoms with Gasteiger partial charge in [-0.05, 0) is 44.8 Å².